The zero-order valence-electron chi connectivity index (χ0n) is 18.5. The van der Waals surface area contributed by atoms with Crippen molar-refractivity contribution in [1.82, 2.24) is 10.2 Å². The van der Waals surface area contributed by atoms with Crippen LogP contribution in [0.15, 0.2) is 84.9 Å². The van der Waals surface area contributed by atoms with Gasteiger partial charge in [-0.15, -0.1) is 0 Å². The third-order valence-electron chi connectivity index (χ3n) is 5.27. The first-order valence-electron chi connectivity index (χ1n) is 10.9. The lowest BCUT2D eigenvalue weighted by Gasteiger charge is -2.33. The van der Waals surface area contributed by atoms with Gasteiger partial charge in [0.2, 0.25) is 11.8 Å². The quantitative estimate of drug-likeness (QED) is 0.522. The number of hydrogen-bond acceptors (Lipinski definition) is 2. The molecule has 0 aliphatic carbocycles. The molecule has 0 unspecified atom stereocenters. The van der Waals surface area contributed by atoms with Gasteiger partial charge in [0, 0.05) is 19.0 Å². The van der Waals surface area contributed by atoms with E-state index in [0.717, 1.165) is 16.7 Å². The molecule has 0 saturated carbocycles. The van der Waals surface area contributed by atoms with Gasteiger partial charge in [-0.05, 0) is 35.2 Å². The normalized spacial score (nSPS) is 11.8. The van der Waals surface area contributed by atoms with E-state index in [1.807, 2.05) is 74.5 Å². The number of nitrogens with one attached hydrogen (secondary N) is 1. The molecule has 4 nitrogen and oxygen atoms in total. The predicted octanol–water partition coefficient (Wildman–Crippen LogP) is 4.91. The van der Waals surface area contributed by atoms with Crippen LogP contribution in [0.4, 0.5) is 4.39 Å². The summed E-state index contributed by atoms with van der Waals surface area (Å²) in [5.74, 6) is -1.00. The fourth-order valence-electron chi connectivity index (χ4n) is 3.59. The Morgan fingerprint density at radius 3 is 2.03 bits per heavy atom. The van der Waals surface area contributed by atoms with Crippen LogP contribution in [0, 0.1) is 11.7 Å². The Hall–Kier alpha value is -3.47. The Morgan fingerprint density at radius 1 is 0.844 bits per heavy atom. The molecule has 0 bridgehead atoms. The van der Waals surface area contributed by atoms with E-state index in [-0.39, 0.29) is 30.1 Å². The molecule has 0 aliphatic rings. The van der Waals surface area contributed by atoms with E-state index in [1.54, 1.807) is 17.0 Å². The Balaban J connectivity index is 1.86. The van der Waals surface area contributed by atoms with Crippen molar-refractivity contribution in [2.24, 2.45) is 5.92 Å². The number of nitrogens with zero attached hydrogens (tertiary/aromatic N) is 1. The summed E-state index contributed by atoms with van der Waals surface area (Å²) < 4.78 is 13.4. The number of carbonyl (C=O) groups is 2. The third kappa shape index (κ3) is 6.27. The van der Waals surface area contributed by atoms with Crippen LogP contribution in [0.5, 0.6) is 0 Å². The molecule has 0 heterocycles. The van der Waals surface area contributed by atoms with Crippen LogP contribution in [-0.4, -0.2) is 23.3 Å². The summed E-state index contributed by atoms with van der Waals surface area (Å²) in [6.45, 7) is 4.31. The molecule has 0 spiro atoms. The highest BCUT2D eigenvalue weighted by atomic mass is 19.1. The number of amides is 2. The second kappa shape index (κ2) is 11.2. The number of rotatable bonds is 9. The molecule has 0 radical (unpaired) electrons. The van der Waals surface area contributed by atoms with Crippen LogP contribution >= 0.6 is 0 Å². The maximum atomic E-state index is 13.4. The molecule has 1 N–H and O–H groups in total. The van der Waals surface area contributed by atoms with Gasteiger partial charge in [0.25, 0.3) is 0 Å². The van der Waals surface area contributed by atoms with Crippen LogP contribution < -0.4 is 5.32 Å². The monoisotopic (exact) mass is 432 g/mol. The molecule has 2 amide bonds. The Morgan fingerprint density at radius 2 is 1.44 bits per heavy atom. The topological polar surface area (TPSA) is 49.4 Å². The van der Waals surface area contributed by atoms with E-state index in [2.05, 4.69) is 5.32 Å². The standard InChI is InChI=1S/C27H29FN2O2/c1-20(2)27(32)30(19-22-13-15-24(28)16-14-22)25(23-11-7-4-8-12-23)26(31)29-18-17-21-9-5-3-6-10-21/h3-16,20,25H,17-19H2,1-2H3,(H,29,31)/t25-/m1/s1. The highest BCUT2D eigenvalue weighted by Gasteiger charge is 2.32. The van der Waals surface area contributed by atoms with Gasteiger partial charge in [-0.25, -0.2) is 4.39 Å². The van der Waals surface area contributed by atoms with Crippen molar-refractivity contribution in [3.05, 3.63) is 107 Å². The summed E-state index contributed by atoms with van der Waals surface area (Å²) >= 11 is 0. The van der Waals surface area contributed by atoms with Gasteiger partial charge in [0.1, 0.15) is 11.9 Å². The number of halogens is 1. The Labute approximate surface area is 189 Å². The third-order valence-corrected chi connectivity index (χ3v) is 5.27. The molecule has 32 heavy (non-hydrogen) atoms. The highest BCUT2D eigenvalue weighted by molar-refractivity contribution is 5.89. The largest absolute Gasteiger partial charge is 0.354 e. The molecule has 3 aromatic carbocycles. The number of carbonyl (C=O) groups excluding carboxylic acids is 2. The predicted molar refractivity (Wildman–Crippen MR) is 124 cm³/mol. The maximum Gasteiger partial charge on any atom is 0.247 e. The minimum atomic E-state index is -0.785. The van der Waals surface area contributed by atoms with Crippen LogP contribution in [0.25, 0.3) is 0 Å². The molecule has 0 aromatic heterocycles. The summed E-state index contributed by atoms with van der Waals surface area (Å²) in [4.78, 5) is 28.2. The minimum Gasteiger partial charge on any atom is -0.354 e. The van der Waals surface area contributed by atoms with E-state index in [4.69, 9.17) is 0 Å². The van der Waals surface area contributed by atoms with Crippen LogP contribution in [0.3, 0.4) is 0 Å². The lowest BCUT2D eigenvalue weighted by molar-refractivity contribution is -0.144. The smallest absolute Gasteiger partial charge is 0.247 e. The van der Waals surface area contributed by atoms with E-state index < -0.39 is 6.04 Å². The van der Waals surface area contributed by atoms with Gasteiger partial charge in [0.05, 0.1) is 0 Å². The molecule has 166 valence electrons. The first-order chi connectivity index (χ1) is 15.5. The summed E-state index contributed by atoms with van der Waals surface area (Å²) in [6.07, 6.45) is 0.699. The van der Waals surface area contributed by atoms with Crippen LogP contribution in [0.2, 0.25) is 0 Å². The molecular weight excluding hydrogens is 403 g/mol. The van der Waals surface area contributed by atoms with E-state index in [0.29, 0.717) is 13.0 Å². The average molecular weight is 433 g/mol. The van der Waals surface area contributed by atoms with Gasteiger partial charge >= 0.3 is 0 Å². The maximum absolute atomic E-state index is 13.4. The van der Waals surface area contributed by atoms with Crippen molar-refractivity contribution in [1.29, 1.82) is 0 Å². The summed E-state index contributed by atoms with van der Waals surface area (Å²) in [5.41, 5.74) is 2.63. The first kappa shape index (κ1) is 23.2. The van der Waals surface area contributed by atoms with Crippen molar-refractivity contribution < 1.29 is 14.0 Å². The second-order valence-corrected chi connectivity index (χ2v) is 8.09. The molecule has 0 saturated heterocycles. The van der Waals surface area contributed by atoms with Crippen LogP contribution in [0.1, 0.15) is 36.6 Å². The average Bonchev–Trinajstić information content (AvgIpc) is 2.81. The molecule has 3 rings (SSSR count). The van der Waals surface area contributed by atoms with Crippen LogP contribution in [-0.2, 0) is 22.6 Å². The van der Waals surface area contributed by atoms with Gasteiger partial charge in [0.15, 0.2) is 0 Å². The zero-order chi connectivity index (χ0) is 22.9. The van der Waals surface area contributed by atoms with E-state index >= 15 is 0 Å². The fourth-order valence-corrected chi connectivity index (χ4v) is 3.59. The van der Waals surface area contributed by atoms with Crippen molar-refractivity contribution in [3.63, 3.8) is 0 Å². The lowest BCUT2D eigenvalue weighted by Crippen LogP contribution is -2.45. The number of benzene rings is 3. The lowest BCUT2D eigenvalue weighted by atomic mass is 10.0. The molecular formula is C27H29FN2O2. The highest BCUT2D eigenvalue weighted by Crippen LogP contribution is 2.25. The summed E-state index contributed by atoms with van der Waals surface area (Å²) in [7, 11) is 0. The van der Waals surface area contributed by atoms with Gasteiger partial charge < -0.3 is 10.2 Å². The van der Waals surface area contributed by atoms with Gasteiger partial charge in [-0.1, -0.05) is 86.6 Å². The Kier molecular flexibility index (Phi) is 8.14. The Bertz CT molecular complexity index is 1000. The molecule has 0 fully saturated rings. The van der Waals surface area contributed by atoms with Crippen molar-refractivity contribution in [2.45, 2.75) is 32.9 Å². The number of hydrogen-bond donors (Lipinski definition) is 1. The zero-order valence-corrected chi connectivity index (χ0v) is 18.5. The van der Waals surface area contributed by atoms with Gasteiger partial charge in [-0.3, -0.25) is 9.59 Å². The first-order valence-corrected chi connectivity index (χ1v) is 10.9. The molecule has 3 aromatic rings. The van der Waals surface area contributed by atoms with Crippen molar-refractivity contribution in [3.8, 4) is 0 Å². The molecule has 5 heteroatoms. The minimum absolute atomic E-state index is 0.138. The van der Waals surface area contributed by atoms with Crippen molar-refractivity contribution in [2.75, 3.05) is 6.54 Å². The summed E-state index contributed by atoms with van der Waals surface area (Å²) in [6, 6.07) is 24.5. The second-order valence-electron chi connectivity index (χ2n) is 8.09. The fraction of sp³-hybridized carbons (Fsp3) is 0.259. The molecule has 0 aliphatic heterocycles. The van der Waals surface area contributed by atoms with Crippen molar-refractivity contribution >= 4 is 11.8 Å². The van der Waals surface area contributed by atoms with E-state index in [1.165, 1.54) is 12.1 Å². The molecule has 1 atom stereocenters. The SMILES string of the molecule is CC(C)C(=O)N(Cc1ccc(F)cc1)[C@@H](C(=O)NCCc1ccccc1)c1ccccc1. The van der Waals surface area contributed by atoms with Gasteiger partial charge in [-0.2, -0.15) is 0 Å². The summed E-state index contributed by atoms with van der Waals surface area (Å²) in [5, 5.41) is 3.01. The van der Waals surface area contributed by atoms with E-state index in [9.17, 15) is 14.0 Å².